The maximum atomic E-state index is 9.85. The summed E-state index contributed by atoms with van der Waals surface area (Å²) in [6.45, 7) is 8.80. The summed E-state index contributed by atoms with van der Waals surface area (Å²) in [6, 6.07) is 0. The largest absolute Gasteiger partial charge is 0.314 e. The molecule has 1 unspecified atom stereocenters. The number of nitrogens with zero attached hydrogens (tertiary/aromatic N) is 1. The topological polar surface area (TPSA) is 52.4 Å². The molecule has 0 bridgehead atoms. The zero-order chi connectivity index (χ0) is 10.5. The van der Waals surface area contributed by atoms with Crippen molar-refractivity contribution in [3.63, 3.8) is 0 Å². The van der Waals surface area contributed by atoms with Crippen LogP contribution in [-0.2, 0) is 4.84 Å². The molecule has 13 heavy (non-hydrogen) atoms. The monoisotopic (exact) mass is 189 g/mol. The number of hydrogen-bond acceptors (Lipinski definition) is 3. The van der Waals surface area contributed by atoms with E-state index in [0.717, 1.165) is 12.8 Å². The van der Waals surface area contributed by atoms with Crippen LogP contribution in [0.3, 0.4) is 0 Å². The highest BCUT2D eigenvalue weighted by Gasteiger charge is 2.15. The maximum absolute atomic E-state index is 9.85. The van der Waals surface area contributed by atoms with E-state index in [1.54, 1.807) is 0 Å². The summed E-state index contributed by atoms with van der Waals surface area (Å²) in [4.78, 5) is 14.1. The van der Waals surface area contributed by atoms with E-state index < -0.39 is 5.09 Å². The maximum Gasteiger partial charge on any atom is 0.294 e. The summed E-state index contributed by atoms with van der Waals surface area (Å²) < 4.78 is 0. The van der Waals surface area contributed by atoms with Gasteiger partial charge in [-0.15, -0.1) is 10.1 Å². The van der Waals surface area contributed by atoms with Crippen molar-refractivity contribution in [2.45, 2.75) is 40.5 Å². The first-order chi connectivity index (χ1) is 5.81. The van der Waals surface area contributed by atoms with Crippen LogP contribution in [0.4, 0.5) is 0 Å². The van der Waals surface area contributed by atoms with Gasteiger partial charge in [0.1, 0.15) is 0 Å². The highest BCUT2D eigenvalue weighted by Crippen LogP contribution is 2.25. The molecule has 1 atom stereocenters. The van der Waals surface area contributed by atoms with Crippen molar-refractivity contribution in [2.24, 2.45) is 11.3 Å². The molecule has 0 saturated heterocycles. The fourth-order valence-corrected chi connectivity index (χ4v) is 1.48. The normalized spacial score (nSPS) is 13.8. The van der Waals surface area contributed by atoms with Gasteiger partial charge in [0.2, 0.25) is 0 Å². The minimum Gasteiger partial charge on any atom is -0.314 e. The second-order valence-electron chi connectivity index (χ2n) is 4.72. The Hall–Kier alpha value is -0.800. The molecule has 0 rings (SSSR count). The average Bonchev–Trinajstić information content (AvgIpc) is 1.81. The van der Waals surface area contributed by atoms with Crippen LogP contribution in [0, 0.1) is 21.4 Å². The Morgan fingerprint density at radius 2 is 2.00 bits per heavy atom. The van der Waals surface area contributed by atoms with Gasteiger partial charge in [-0.3, -0.25) is 0 Å². The van der Waals surface area contributed by atoms with E-state index in [9.17, 15) is 10.1 Å². The van der Waals surface area contributed by atoms with Crippen molar-refractivity contribution in [3.05, 3.63) is 10.1 Å². The molecule has 0 aliphatic heterocycles. The predicted octanol–water partition coefficient (Wildman–Crippen LogP) is 2.66. The molecule has 0 radical (unpaired) electrons. The Morgan fingerprint density at radius 3 is 2.38 bits per heavy atom. The summed E-state index contributed by atoms with van der Waals surface area (Å²) in [5, 5.41) is 9.12. The summed E-state index contributed by atoms with van der Waals surface area (Å²) in [5.41, 5.74) is 0.286. The van der Waals surface area contributed by atoms with E-state index in [4.69, 9.17) is 0 Å². The first-order valence-corrected chi connectivity index (χ1v) is 4.58. The van der Waals surface area contributed by atoms with Gasteiger partial charge in [-0.05, 0) is 24.2 Å². The van der Waals surface area contributed by atoms with Crippen LogP contribution >= 0.6 is 0 Å². The quantitative estimate of drug-likeness (QED) is 0.493. The van der Waals surface area contributed by atoms with Gasteiger partial charge in [0.15, 0.2) is 0 Å². The van der Waals surface area contributed by atoms with Crippen LogP contribution < -0.4 is 0 Å². The van der Waals surface area contributed by atoms with Gasteiger partial charge >= 0.3 is 0 Å². The summed E-state index contributed by atoms with van der Waals surface area (Å²) >= 11 is 0. The molecule has 78 valence electrons. The highest BCUT2D eigenvalue weighted by atomic mass is 16.9. The number of rotatable bonds is 5. The first kappa shape index (κ1) is 12.2. The molecule has 0 N–H and O–H groups in total. The van der Waals surface area contributed by atoms with E-state index >= 15 is 0 Å². The fourth-order valence-electron chi connectivity index (χ4n) is 1.48. The van der Waals surface area contributed by atoms with Crippen LogP contribution in [0.2, 0.25) is 0 Å². The lowest BCUT2D eigenvalue weighted by atomic mass is 9.84. The third kappa shape index (κ3) is 9.11. The molecule has 4 heteroatoms. The van der Waals surface area contributed by atoms with E-state index in [0.29, 0.717) is 5.92 Å². The van der Waals surface area contributed by atoms with Crippen LogP contribution in [0.5, 0.6) is 0 Å². The molecule has 0 aromatic carbocycles. The van der Waals surface area contributed by atoms with Crippen LogP contribution in [0.1, 0.15) is 40.5 Å². The van der Waals surface area contributed by atoms with Crippen molar-refractivity contribution in [3.8, 4) is 0 Å². The van der Waals surface area contributed by atoms with Gasteiger partial charge in [0, 0.05) is 0 Å². The van der Waals surface area contributed by atoms with Crippen LogP contribution in [-0.4, -0.2) is 11.7 Å². The standard InChI is InChI=1S/C9H19NO3/c1-8(7-9(2,3)4)5-6-13-10(11)12/h8H,5-7H2,1-4H3. The smallest absolute Gasteiger partial charge is 0.294 e. The lowest BCUT2D eigenvalue weighted by Gasteiger charge is -2.22. The summed E-state index contributed by atoms with van der Waals surface area (Å²) in [6.07, 6.45) is 1.81. The van der Waals surface area contributed by atoms with Gasteiger partial charge in [0.25, 0.3) is 5.09 Å². The molecule has 0 aromatic rings. The van der Waals surface area contributed by atoms with Crippen LogP contribution in [0.25, 0.3) is 0 Å². The Labute approximate surface area is 79.4 Å². The average molecular weight is 189 g/mol. The Kier molecular flexibility index (Phi) is 4.73. The van der Waals surface area contributed by atoms with Crippen molar-refractivity contribution in [2.75, 3.05) is 6.61 Å². The molecule has 0 aromatic heterocycles. The molecular formula is C9H19NO3. The Balaban J connectivity index is 3.52. The van der Waals surface area contributed by atoms with Crippen molar-refractivity contribution in [1.29, 1.82) is 0 Å². The number of hydrogen-bond donors (Lipinski definition) is 0. The zero-order valence-corrected chi connectivity index (χ0v) is 8.87. The summed E-state index contributed by atoms with van der Waals surface area (Å²) in [7, 11) is 0. The van der Waals surface area contributed by atoms with Gasteiger partial charge in [0.05, 0.1) is 6.61 Å². The summed E-state index contributed by atoms with van der Waals surface area (Å²) in [5.74, 6) is 0.472. The first-order valence-electron chi connectivity index (χ1n) is 4.58. The molecule has 0 heterocycles. The molecule has 0 spiro atoms. The fraction of sp³-hybridized carbons (Fsp3) is 1.00. The van der Waals surface area contributed by atoms with Crippen molar-refractivity contribution >= 4 is 0 Å². The highest BCUT2D eigenvalue weighted by molar-refractivity contribution is 4.65. The molecule has 4 nitrogen and oxygen atoms in total. The van der Waals surface area contributed by atoms with Crippen molar-refractivity contribution < 1.29 is 9.92 Å². The molecular weight excluding hydrogens is 170 g/mol. The van der Waals surface area contributed by atoms with Crippen molar-refractivity contribution in [1.82, 2.24) is 0 Å². The van der Waals surface area contributed by atoms with E-state index in [1.807, 2.05) is 0 Å². The van der Waals surface area contributed by atoms with Gasteiger partial charge in [-0.1, -0.05) is 27.7 Å². The second kappa shape index (κ2) is 5.04. The predicted molar refractivity (Wildman–Crippen MR) is 50.8 cm³/mol. The molecule has 0 amide bonds. The molecule has 0 aliphatic carbocycles. The minimum atomic E-state index is -0.732. The third-order valence-corrected chi connectivity index (χ3v) is 1.77. The molecule has 0 saturated carbocycles. The van der Waals surface area contributed by atoms with E-state index in [1.165, 1.54) is 0 Å². The lowest BCUT2D eigenvalue weighted by Crippen LogP contribution is -2.13. The Morgan fingerprint density at radius 1 is 1.46 bits per heavy atom. The SMILES string of the molecule is CC(CCO[N+](=O)[O-])CC(C)(C)C. The zero-order valence-electron chi connectivity index (χ0n) is 8.87. The second-order valence-corrected chi connectivity index (χ2v) is 4.72. The minimum absolute atomic E-state index is 0.213. The third-order valence-electron chi connectivity index (χ3n) is 1.77. The lowest BCUT2D eigenvalue weighted by molar-refractivity contribution is -0.758. The van der Waals surface area contributed by atoms with E-state index in [2.05, 4.69) is 32.5 Å². The molecule has 0 fully saturated rings. The van der Waals surface area contributed by atoms with Gasteiger partial charge in [-0.2, -0.15) is 0 Å². The van der Waals surface area contributed by atoms with E-state index in [-0.39, 0.29) is 12.0 Å². The van der Waals surface area contributed by atoms with Crippen LogP contribution in [0.15, 0.2) is 0 Å². The Bertz CT molecular complexity index is 163. The van der Waals surface area contributed by atoms with Gasteiger partial charge < -0.3 is 4.84 Å². The molecule has 0 aliphatic rings. The van der Waals surface area contributed by atoms with Gasteiger partial charge in [-0.25, -0.2) is 0 Å².